The van der Waals surface area contributed by atoms with E-state index in [-0.39, 0.29) is 12.3 Å². The monoisotopic (exact) mass is 415 g/mol. The fourth-order valence-electron chi connectivity index (χ4n) is 4.19. The molecule has 3 heterocycles. The molecule has 0 radical (unpaired) electrons. The molecule has 0 amide bonds. The fraction of sp³-hybridized carbons (Fsp3) is 0.280. The zero-order valence-corrected chi connectivity index (χ0v) is 17.7. The van der Waals surface area contributed by atoms with E-state index in [1.165, 1.54) is 0 Å². The van der Waals surface area contributed by atoms with Crippen LogP contribution in [0, 0.1) is 0 Å². The van der Waals surface area contributed by atoms with Crippen LogP contribution in [0.3, 0.4) is 0 Å². The summed E-state index contributed by atoms with van der Waals surface area (Å²) in [5.41, 5.74) is 4.23. The molecule has 6 nitrogen and oxygen atoms in total. The number of pyridine rings is 1. The van der Waals surface area contributed by atoms with Gasteiger partial charge in [-0.25, -0.2) is 5.01 Å². The summed E-state index contributed by atoms with van der Waals surface area (Å²) in [5.74, 6) is 2.44. The van der Waals surface area contributed by atoms with Gasteiger partial charge in [-0.1, -0.05) is 12.1 Å². The van der Waals surface area contributed by atoms with Crippen molar-refractivity contribution in [2.75, 3.05) is 13.2 Å². The minimum absolute atomic E-state index is 0.0730. The average Bonchev–Trinajstić information content (AvgIpc) is 3.26. The summed E-state index contributed by atoms with van der Waals surface area (Å²) in [6, 6.07) is 18.2. The van der Waals surface area contributed by atoms with Crippen LogP contribution >= 0.6 is 0 Å². The molecule has 3 aromatic rings. The number of benzene rings is 2. The van der Waals surface area contributed by atoms with Gasteiger partial charge < -0.3 is 14.2 Å². The van der Waals surface area contributed by atoms with Gasteiger partial charge in [-0.15, -0.1) is 0 Å². The molecule has 0 unspecified atom stereocenters. The molecule has 158 valence electrons. The average molecular weight is 415 g/mol. The quantitative estimate of drug-likeness (QED) is 0.559. The second kappa shape index (κ2) is 8.30. The smallest absolute Gasteiger partial charge is 0.214 e. The molecule has 0 bridgehead atoms. The first-order valence-electron chi connectivity index (χ1n) is 10.7. The van der Waals surface area contributed by atoms with E-state index in [1.807, 2.05) is 50.2 Å². The maximum Gasteiger partial charge on any atom is 0.214 e. The standard InChI is InChI=1S/C25H25N3O3/c1-3-29-19-10-8-17(9-11-19)21-16-22-20-6-5-7-23(30-4-2)24(20)31-25(28(22)27-21)18-12-14-26-15-13-18/h5-15,22,25H,3-4,16H2,1-2H3/t22-,25+/m1/s1. The van der Waals surface area contributed by atoms with Crippen molar-refractivity contribution in [3.05, 3.63) is 83.7 Å². The van der Waals surface area contributed by atoms with E-state index in [2.05, 4.69) is 28.2 Å². The van der Waals surface area contributed by atoms with Crippen molar-refractivity contribution < 1.29 is 14.2 Å². The van der Waals surface area contributed by atoms with Crippen LogP contribution in [0.2, 0.25) is 0 Å². The van der Waals surface area contributed by atoms with E-state index in [1.54, 1.807) is 12.4 Å². The molecule has 1 aromatic heterocycles. The summed E-state index contributed by atoms with van der Waals surface area (Å²) in [7, 11) is 0. The first-order valence-corrected chi connectivity index (χ1v) is 10.7. The minimum atomic E-state index is -0.345. The largest absolute Gasteiger partial charge is 0.494 e. The van der Waals surface area contributed by atoms with Crippen molar-refractivity contribution in [2.45, 2.75) is 32.5 Å². The molecule has 0 saturated carbocycles. The Bertz CT molecular complexity index is 1080. The Labute approximate surface area is 182 Å². The topological polar surface area (TPSA) is 56.2 Å². The number of ether oxygens (including phenoxy) is 3. The number of para-hydroxylation sites is 1. The van der Waals surface area contributed by atoms with Gasteiger partial charge >= 0.3 is 0 Å². The molecule has 2 aliphatic rings. The van der Waals surface area contributed by atoms with Gasteiger partial charge in [0.05, 0.1) is 25.0 Å². The predicted molar refractivity (Wildman–Crippen MR) is 119 cm³/mol. The molecule has 2 atom stereocenters. The van der Waals surface area contributed by atoms with Crippen LogP contribution in [-0.4, -0.2) is 28.9 Å². The predicted octanol–water partition coefficient (Wildman–Crippen LogP) is 5.12. The van der Waals surface area contributed by atoms with E-state index in [9.17, 15) is 0 Å². The van der Waals surface area contributed by atoms with Crippen LogP contribution in [0.4, 0.5) is 0 Å². The molecule has 5 rings (SSSR count). The van der Waals surface area contributed by atoms with Gasteiger partial charge in [0.1, 0.15) is 5.75 Å². The van der Waals surface area contributed by atoms with E-state index in [0.717, 1.165) is 46.1 Å². The van der Waals surface area contributed by atoms with Crippen LogP contribution in [0.25, 0.3) is 0 Å². The van der Waals surface area contributed by atoms with E-state index in [4.69, 9.17) is 19.3 Å². The van der Waals surface area contributed by atoms with Crippen molar-refractivity contribution in [3.8, 4) is 17.2 Å². The highest BCUT2D eigenvalue weighted by Crippen LogP contribution is 2.50. The summed E-state index contributed by atoms with van der Waals surface area (Å²) in [6.45, 7) is 5.21. The number of nitrogens with zero attached hydrogens (tertiary/aromatic N) is 3. The highest BCUT2D eigenvalue weighted by atomic mass is 16.5. The first kappa shape index (κ1) is 19.4. The number of rotatable bonds is 6. The summed E-state index contributed by atoms with van der Waals surface area (Å²) in [4.78, 5) is 4.16. The number of fused-ring (bicyclic) bond motifs is 3. The van der Waals surface area contributed by atoms with Gasteiger partial charge in [-0.3, -0.25) is 4.98 Å². The van der Waals surface area contributed by atoms with Crippen molar-refractivity contribution in [3.63, 3.8) is 0 Å². The Morgan fingerprint density at radius 2 is 1.74 bits per heavy atom. The molecule has 0 N–H and O–H groups in total. The third-order valence-corrected chi connectivity index (χ3v) is 5.57. The van der Waals surface area contributed by atoms with E-state index >= 15 is 0 Å². The number of aromatic nitrogens is 1. The van der Waals surface area contributed by atoms with Crippen LogP contribution in [0.5, 0.6) is 17.2 Å². The van der Waals surface area contributed by atoms with Gasteiger partial charge in [0, 0.05) is 29.9 Å². The minimum Gasteiger partial charge on any atom is -0.494 e. The van der Waals surface area contributed by atoms with Crippen molar-refractivity contribution in [1.82, 2.24) is 9.99 Å². The summed E-state index contributed by atoms with van der Waals surface area (Å²) in [6.07, 6.45) is 4.01. The van der Waals surface area contributed by atoms with Crippen molar-refractivity contribution >= 4 is 5.71 Å². The summed E-state index contributed by atoms with van der Waals surface area (Å²) in [5, 5.41) is 7.08. The molecule has 6 heteroatoms. The van der Waals surface area contributed by atoms with Crippen molar-refractivity contribution in [1.29, 1.82) is 0 Å². The molecule has 0 aliphatic carbocycles. The Balaban J connectivity index is 1.55. The second-order valence-corrected chi connectivity index (χ2v) is 7.46. The molecule has 0 fully saturated rings. The maximum absolute atomic E-state index is 6.50. The molecule has 0 saturated heterocycles. The first-order chi connectivity index (χ1) is 15.3. The van der Waals surface area contributed by atoms with Crippen LogP contribution in [0.1, 0.15) is 49.2 Å². The highest BCUT2D eigenvalue weighted by molar-refractivity contribution is 6.02. The highest BCUT2D eigenvalue weighted by Gasteiger charge is 2.42. The third-order valence-electron chi connectivity index (χ3n) is 5.57. The molecule has 2 aliphatic heterocycles. The molecule has 2 aromatic carbocycles. The van der Waals surface area contributed by atoms with Gasteiger partial charge in [-0.05, 0) is 61.9 Å². The Morgan fingerprint density at radius 1 is 0.968 bits per heavy atom. The lowest BCUT2D eigenvalue weighted by Gasteiger charge is -2.38. The van der Waals surface area contributed by atoms with Gasteiger partial charge in [0.25, 0.3) is 0 Å². The molecular weight excluding hydrogens is 390 g/mol. The van der Waals surface area contributed by atoms with Crippen molar-refractivity contribution in [2.24, 2.45) is 5.10 Å². The zero-order valence-electron chi connectivity index (χ0n) is 17.7. The Kier molecular flexibility index (Phi) is 5.20. The van der Waals surface area contributed by atoms with Crippen LogP contribution in [-0.2, 0) is 0 Å². The fourth-order valence-corrected chi connectivity index (χ4v) is 4.19. The summed E-state index contributed by atoms with van der Waals surface area (Å²) < 4.78 is 18.0. The maximum atomic E-state index is 6.50. The third kappa shape index (κ3) is 3.58. The lowest BCUT2D eigenvalue weighted by Crippen LogP contribution is -2.33. The van der Waals surface area contributed by atoms with E-state index in [0.29, 0.717) is 13.2 Å². The van der Waals surface area contributed by atoms with Crippen LogP contribution in [0.15, 0.2) is 72.1 Å². The number of hydrazone groups is 1. The normalized spacial score (nSPS) is 19.2. The molecular formula is C25H25N3O3. The van der Waals surface area contributed by atoms with Gasteiger partial charge in [-0.2, -0.15) is 5.10 Å². The molecule has 0 spiro atoms. The summed E-state index contributed by atoms with van der Waals surface area (Å²) >= 11 is 0. The Morgan fingerprint density at radius 3 is 2.48 bits per heavy atom. The second-order valence-electron chi connectivity index (χ2n) is 7.46. The lowest BCUT2D eigenvalue weighted by molar-refractivity contribution is -0.0212. The molecule has 31 heavy (non-hydrogen) atoms. The SMILES string of the molecule is CCOc1ccc(C2=NN3[C@H](C2)c2cccc(OCC)c2O[C@H]3c2ccncc2)cc1. The van der Waals surface area contributed by atoms with Gasteiger partial charge in [0.2, 0.25) is 6.23 Å². The van der Waals surface area contributed by atoms with Crippen LogP contribution < -0.4 is 14.2 Å². The lowest BCUT2D eigenvalue weighted by atomic mass is 9.95. The van der Waals surface area contributed by atoms with Gasteiger partial charge in [0.15, 0.2) is 11.5 Å². The van der Waals surface area contributed by atoms with E-state index < -0.39 is 0 Å². The number of hydrogen-bond donors (Lipinski definition) is 0. The Hall–Kier alpha value is -3.54. The number of hydrogen-bond acceptors (Lipinski definition) is 6. The zero-order chi connectivity index (χ0) is 21.2.